The van der Waals surface area contributed by atoms with Crippen molar-refractivity contribution < 1.29 is 18.8 Å². The zero-order valence-electron chi connectivity index (χ0n) is 15.2. The molecule has 0 unspecified atom stereocenters. The van der Waals surface area contributed by atoms with Crippen LogP contribution in [-0.4, -0.2) is 39.9 Å². The van der Waals surface area contributed by atoms with Crippen LogP contribution >= 0.6 is 23.4 Å². The predicted octanol–water partition coefficient (Wildman–Crippen LogP) is 4.11. The maximum absolute atomic E-state index is 13.4. The van der Waals surface area contributed by atoms with Crippen LogP contribution in [0.15, 0.2) is 41.6 Å². The van der Waals surface area contributed by atoms with Gasteiger partial charge >= 0.3 is 5.69 Å². The van der Waals surface area contributed by atoms with Crippen LogP contribution < -0.4 is 5.32 Å². The average molecular weight is 439 g/mol. The highest BCUT2D eigenvalue weighted by Gasteiger charge is 2.17. The molecule has 0 bridgehead atoms. The maximum atomic E-state index is 13.4. The van der Waals surface area contributed by atoms with E-state index in [4.69, 9.17) is 16.3 Å². The number of carbonyl (C=O) groups is 1. The van der Waals surface area contributed by atoms with E-state index in [1.807, 2.05) is 10.6 Å². The van der Waals surface area contributed by atoms with Crippen molar-refractivity contribution in [1.82, 2.24) is 9.55 Å². The molecule has 1 amide bonds. The smallest absolute Gasteiger partial charge is 0.306 e. The fourth-order valence-corrected chi connectivity index (χ4v) is 3.65. The average Bonchev–Trinajstić information content (AvgIpc) is 3.02. The zero-order chi connectivity index (χ0) is 21.0. The maximum Gasteiger partial charge on any atom is 0.306 e. The van der Waals surface area contributed by atoms with Crippen molar-refractivity contribution in [3.63, 3.8) is 0 Å². The van der Waals surface area contributed by atoms with Gasteiger partial charge in [0.1, 0.15) is 0 Å². The van der Waals surface area contributed by atoms with Crippen LogP contribution in [0.3, 0.4) is 0 Å². The second-order valence-corrected chi connectivity index (χ2v) is 7.31. The summed E-state index contributed by atoms with van der Waals surface area (Å²) in [4.78, 5) is 26.8. The highest BCUT2D eigenvalue weighted by molar-refractivity contribution is 7.99. The molecule has 0 fully saturated rings. The van der Waals surface area contributed by atoms with Gasteiger partial charge in [-0.05, 0) is 30.3 Å². The molecule has 1 aromatic heterocycles. The third-order valence-corrected chi connectivity index (χ3v) is 5.16. The Labute approximate surface area is 174 Å². The number of nitro groups is 1. The van der Waals surface area contributed by atoms with Gasteiger partial charge in [0.15, 0.2) is 5.16 Å². The molecule has 11 heteroatoms. The summed E-state index contributed by atoms with van der Waals surface area (Å²) >= 11 is 7.23. The van der Waals surface area contributed by atoms with Gasteiger partial charge in [-0.1, -0.05) is 23.4 Å². The number of carbonyl (C=O) groups excluding carboxylic acids is 1. The van der Waals surface area contributed by atoms with E-state index in [-0.39, 0.29) is 11.4 Å². The summed E-state index contributed by atoms with van der Waals surface area (Å²) in [5.74, 6) is -1.36. The van der Waals surface area contributed by atoms with Crippen LogP contribution in [0.2, 0.25) is 5.02 Å². The summed E-state index contributed by atoms with van der Waals surface area (Å²) in [5.41, 5.74) is 1.01. The molecule has 3 aromatic rings. The number of aromatic nitrogens is 2. The Balaban J connectivity index is 1.73. The van der Waals surface area contributed by atoms with Crippen LogP contribution in [0.1, 0.15) is 0 Å². The Morgan fingerprint density at radius 1 is 1.38 bits per heavy atom. The van der Waals surface area contributed by atoms with Gasteiger partial charge in [-0.25, -0.2) is 4.98 Å². The number of nitrogens with one attached hydrogen (secondary N) is 1. The van der Waals surface area contributed by atoms with Gasteiger partial charge < -0.3 is 14.6 Å². The first-order chi connectivity index (χ1) is 13.9. The van der Waals surface area contributed by atoms with E-state index >= 15 is 0 Å². The Kier molecular flexibility index (Phi) is 6.68. The molecule has 1 heterocycles. The Hall–Kier alpha value is -2.69. The molecule has 0 aliphatic carbocycles. The quantitative estimate of drug-likeness (QED) is 0.322. The van der Waals surface area contributed by atoms with E-state index in [1.54, 1.807) is 19.2 Å². The molecule has 0 radical (unpaired) electrons. The second kappa shape index (κ2) is 9.21. The molecule has 0 saturated heterocycles. The van der Waals surface area contributed by atoms with Gasteiger partial charge in [-0.15, -0.1) is 0 Å². The summed E-state index contributed by atoms with van der Waals surface area (Å²) in [5, 5.41) is 14.5. The molecule has 152 valence electrons. The lowest BCUT2D eigenvalue weighted by Crippen LogP contribution is -2.15. The van der Waals surface area contributed by atoms with Gasteiger partial charge in [-0.3, -0.25) is 14.9 Å². The van der Waals surface area contributed by atoms with Crippen molar-refractivity contribution in [3.8, 4) is 0 Å². The van der Waals surface area contributed by atoms with Crippen molar-refractivity contribution in [2.24, 2.45) is 0 Å². The number of halogens is 2. The Morgan fingerprint density at radius 3 is 2.90 bits per heavy atom. The van der Waals surface area contributed by atoms with E-state index in [0.717, 1.165) is 17.6 Å². The van der Waals surface area contributed by atoms with E-state index < -0.39 is 22.3 Å². The number of rotatable bonds is 8. The van der Waals surface area contributed by atoms with Crippen molar-refractivity contribution in [3.05, 3.63) is 57.4 Å². The molecule has 0 aliphatic rings. The summed E-state index contributed by atoms with van der Waals surface area (Å²) in [7, 11) is 1.60. The largest absolute Gasteiger partial charge is 0.383 e. The monoisotopic (exact) mass is 438 g/mol. The molecule has 8 nitrogen and oxygen atoms in total. The van der Waals surface area contributed by atoms with Crippen molar-refractivity contribution in [2.75, 3.05) is 24.8 Å². The van der Waals surface area contributed by atoms with Gasteiger partial charge in [0.05, 0.1) is 28.3 Å². The highest BCUT2D eigenvalue weighted by Crippen LogP contribution is 2.27. The minimum atomic E-state index is -0.965. The Bertz CT molecular complexity index is 1080. The molecule has 0 aliphatic heterocycles. The number of benzene rings is 2. The van der Waals surface area contributed by atoms with Crippen LogP contribution in [0.5, 0.6) is 0 Å². The topological polar surface area (TPSA) is 99.3 Å². The minimum Gasteiger partial charge on any atom is -0.383 e. The fraction of sp³-hybridized carbons (Fsp3) is 0.222. The lowest BCUT2D eigenvalue weighted by atomic mass is 10.2. The summed E-state index contributed by atoms with van der Waals surface area (Å²) in [6.45, 7) is 1.01. The number of thioether (sulfide) groups is 1. The minimum absolute atomic E-state index is 0.00914. The van der Waals surface area contributed by atoms with E-state index in [2.05, 4.69) is 10.3 Å². The van der Waals surface area contributed by atoms with E-state index in [1.165, 1.54) is 17.8 Å². The number of anilines is 1. The third-order valence-electron chi connectivity index (χ3n) is 3.95. The number of hydrogen-bond acceptors (Lipinski definition) is 6. The first kappa shape index (κ1) is 21.0. The summed E-state index contributed by atoms with van der Waals surface area (Å²) in [6, 6.07) is 8.53. The molecule has 1 N–H and O–H groups in total. The Morgan fingerprint density at radius 2 is 2.17 bits per heavy atom. The molecule has 2 aromatic carbocycles. The first-order valence-electron chi connectivity index (χ1n) is 8.40. The van der Waals surface area contributed by atoms with Crippen LogP contribution in [0.4, 0.5) is 15.8 Å². The van der Waals surface area contributed by atoms with Crippen molar-refractivity contribution >= 4 is 51.7 Å². The number of fused-ring (bicyclic) bond motifs is 1. The van der Waals surface area contributed by atoms with Crippen molar-refractivity contribution in [1.29, 1.82) is 0 Å². The summed E-state index contributed by atoms with van der Waals surface area (Å²) < 4.78 is 20.5. The number of hydrogen-bond donors (Lipinski definition) is 1. The first-order valence-corrected chi connectivity index (χ1v) is 9.76. The standard InChI is InChI=1S/C18H16ClFN4O4S/c1-28-7-6-23-15-5-2-11(19)8-14(15)22-18(23)29-10-17(25)21-12-3-4-13(20)16(9-12)24(26)27/h2-5,8-9H,6-7,10H2,1H3,(H,21,25). The van der Waals surface area contributed by atoms with Gasteiger partial charge in [0, 0.05) is 30.4 Å². The lowest BCUT2D eigenvalue weighted by molar-refractivity contribution is -0.387. The number of nitro benzene ring substituents is 1. The normalized spacial score (nSPS) is 11.0. The molecular weight excluding hydrogens is 423 g/mol. The van der Waals surface area contributed by atoms with Gasteiger partial charge in [-0.2, -0.15) is 4.39 Å². The van der Waals surface area contributed by atoms with Gasteiger partial charge in [0.25, 0.3) is 0 Å². The molecule has 0 spiro atoms. The number of nitrogens with zero attached hydrogens (tertiary/aromatic N) is 3. The molecule has 0 atom stereocenters. The molecule has 3 rings (SSSR count). The SMILES string of the molecule is COCCn1c(SCC(=O)Nc2ccc(F)c([N+](=O)[O-])c2)nc2cc(Cl)ccc21. The summed E-state index contributed by atoms with van der Waals surface area (Å²) in [6.07, 6.45) is 0. The molecule has 0 saturated carbocycles. The van der Waals surface area contributed by atoms with Crippen LogP contribution in [0, 0.1) is 15.9 Å². The predicted molar refractivity (Wildman–Crippen MR) is 109 cm³/mol. The number of methoxy groups -OCH3 is 1. The second-order valence-electron chi connectivity index (χ2n) is 5.93. The highest BCUT2D eigenvalue weighted by atomic mass is 35.5. The molecule has 29 heavy (non-hydrogen) atoms. The fourth-order valence-electron chi connectivity index (χ4n) is 2.65. The van der Waals surface area contributed by atoms with Crippen molar-refractivity contribution in [2.45, 2.75) is 11.7 Å². The van der Waals surface area contributed by atoms with Crippen LogP contribution in [-0.2, 0) is 16.1 Å². The van der Waals surface area contributed by atoms with Crippen LogP contribution in [0.25, 0.3) is 11.0 Å². The molecular formula is C18H16ClFN4O4S. The zero-order valence-corrected chi connectivity index (χ0v) is 16.8. The number of amides is 1. The third kappa shape index (κ3) is 5.03. The number of imidazole rings is 1. The van der Waals surface area contributed by atoms with E-state index in [0.29, 0.717) is 28.8 Å². The number of ether oxygens (including phenoxy) is 1. The van der Waals surface area contributed by atoms with E-state index in [9.17, 15) is 19.3 Å². The van der Waals surface area contributed by atoms with Gasteiger partial charge in [0.2, 0.25) is 11.7 Å². The lowest BCUT2D eigenvalue weighted by Gasteiger charge is -2.09.